The molecule has 1 saturated heterocycles. The van der Waals surface area contributed by atoms with E-state index in [0.717, 1.165) is 43.9 Å². The van der Waals surface area contributed by atoms with Crippen molar-refractivity contribution in [2.24, 2.45) is 5.92 Å². The molecule has 2 aromatic rings. The van der Waals surface area contributed by atoms with E-state index < -0.39 is 0 Å². The third-order valence-corrected chi connectivity index (χ3v) is 4.48. The number of hydrogen-bond acceptors (Lipinski definition) is 5. The lowest BCUT2D eigenvalue weighted by Gasteiger charge is -2.32. The van der Waals surface area contributed by atoms with Crippen LogP contribution in [0.2, 0.25) is 5.02 Å². The lowest BCUT2D eigenvalue weighted by molar-refractivity contribution is 0.216. The van der Waals surface area contributed by atoms with E-state index in [1.807, 2.05) is 0 Å². The van der Waals surface area contributed by atoms with Gasteiger partial charge in [0.1, 0.15) is 17.2 Å². The number of piperidine rings is 1. The topological polar surface area (TPSA) is 51.1 Å². The minimum Gasteiger partial charge on any atom is -0.476 e. The maximum absolute atomic E-state index is 6.06. The van der Waals surface area contributed by atoms with Gasteiger partial charge in [-0.1, -0.05) is 18.5 Å². The number of hydrogen-bond donors (Lipinski definition) is 0. The van der Waals surface area contributed by atoms with Crippen LogP contribution in [0.15, 0.2) is 30.7 Å². The number of aromatic nitrogens is 3. The standard InChI is InChI=1S/C17H21ClN4O/c1-2-14-10-16(21-12-20-14)22-8-5-13(6-9-22)11-23-17-15(18)4-3-7-19-17/h3-4,7,10,12-13H,2,5-6,8-9,11H2,1H3. The first-order chi connectivity index (χ1) is 11.3. The molecule has 3 heterocycles. The zero-order valence-corrected chi connectivity index (χ0v) is 14.0. The normalized spacial score (nSPS) is 15.7. The summed E-state index contributed by atoms with van der Waals surface area (Å²) >= 11 is 6.06. The van der Waals surface area contributed by atoms with Gasteiger partial charge in [0.05, 0.1) is 6.61 Å². The highest BCUT2D eigenvalue weighted by Gasteiger charge is 2.21. The summed E-state index contributed by atoms with van der Waals surface area (Å²) in [6.07, 6.45) is 6.45. The Morgan fingerprint density at radius 2 is 2.09 bits per heavy atom. The Morgan fingerprint density at radius 1 is 1.26 bits per heavy atom. The van der Waals surface area contributed by atoms with Gasteiger partial charge in [-0.25, -0.2) is 15.0 Å². The molecule has 3 rings (SSSR count). The summed E-state index contributed by atoms with van der Waals surface area (Å²) in [5.74, 6) is 2.08. The summed E-state index contributed by atoms with van der Waals surface area (Å²) in [5, 5.41) is 0.568. The van der Waals surface area contributed by atoms with Crippen LogP contribution >= 0.6 is 11.6 Å². The molecule has 0 N–H and O–H groups in total. The molecule has 0 unspecified atom stereocenters. The van der Waals surface area contributed by atoms with Gasteiger partial charge in [0.2, 0.25) is 5.88 Å². The summed E-state index contributed by atoms with van der Waals surface area (Å²) in [7, 11) is 0. The third-order valence-electron chi connectivity index (χ3n) is 4.19. The van der Waals surface area contributed by atoms with Gasteiger partial charge < -0.3 is 9.64 Å². The second-order valence-electron chi connectivity index (χ2n) is 5.75. The van der Waals surface area contributed by atoms with Crippen LogP contribution in [0.5, 0.6) is 5.88 Å². The fourth-order valence-electron chi connectivity index (χ4n) is 2.75. The SMILES string of the molecule is CCc1cc(N2CCC(COc3ncccc3Cl)CC2)ncn1. The minimum absolute atomic E-state index is 0.525. The zero-order chi connectivity index (χ0) is 16.1. The largest absolute Gasteiger partial charge is 0.476 e. The lowest BCUT2D eigenvalue weighted by Crippen LogP contribution is -2.36. The van der Waals surface area contributed by atoms with E-state index in [2.05, 4.69) is 32.8 Å². The van der Waals surface area contributed by atoms with Crippen LogP contribution in [-0.4, -0.2) is 34.6 Å². The van der Waals surface area contributed by atoms with Crippen molar-refractivity contribution in [2.45, 2.75) is 26.2 Å². The number of aryl methyl sites for hydroxylation is 1. The number of pyridine rings is 1. The molecular weight excluding hydrogens is 312 g/mol. The van der Waals surface area contributed by atoms with Crippen molar-refractivity contribution in [3.63, 3.8) is 0 Å². The average Bonchev–Trinajstić information content (AvgIpc) is 2.61. The molecule has 5 nitrogen and oxygen atoms in total. The Labute approximate surface area is 141 Å². The fourth-order valence-corrected chi connectivity index (χ4v) is 2.93. The van der Waals surface area contributed by atoms with Crippen molar-refractivity contribution >= 4 is 17.4 Å². The number of rotatable bonds is 5. The lowest BCUT2D eigenvalue weighted by atomic mass is 9.98. The van der Waals surface area contributed by atoms with Gasteiger partial charge in [-0.05, 0) is 37.3 Å². The smallest absolute Gasteiger partial charge is 0.232 e. The zero-order valence-electron chi connectivity index (χ0n) is 13.3. The van der Waals surface area contributed by atoms with Crippen LogP contribution in [0.4, 0.5) is 5.82 Å². The highest BCUT2D eigenvalue weighted by Crippen LogP contribution is 2.25. The predicted molar refractivity (Wildman–Crippen MR) is 91.1 cm³/mol. The number of halogens is 1. The molecule has 122 valence electrons. The van der Waals surface area contributed by atoms with Crippen molar-refractivity contribution in [2.75, 3.05) is 24.6 Å². The molecule has 2 aromatic heterocycles. The fraction of sp³-hybridized carbons (Fsp3) is 0.471. The Morgan fingerprint density at radius 3 is 2.83 bits per heavy atom. The van der Waals surface area contributed by atoms with Crippen LogP contribution in [0.3, 0.4) is 0 Å². The van der Waals surface area contributed by atoms with Gasteiger partial charge in [-0.15, -0.1) is 0 Å². The quantitative estimate of drug-likeness (QED) is 0.840. The highest BCUT2D eigenvalue weighted by atomic mass is 35.5. The Hall–Kier alpha value is -1.88. The Balaban J connectivity index is 1.51. The number of anilines is 1. The number of ether oxygens (including phenoxy) is 1. The maximum atomic E-state index is 6.06. The van der Waals surface area contributed by atoms with Gasteiger partial charge in [0.15, 0.2) is 0 Å². The monoisotopic (exact) mass is 332 g/mol. The molecule has 23 heavy (non-hydrogen) atoms. The van der Waals surface area contributed by atoms with Crippen molar-refractivity contribution in [3.8, 4) is 5.88 Å². The van der Waals surface area contributed by atoms with Gasteiger partial charge in [0.25, 0.3) is 0 Å². The van der Waals surface area contributed by atoms with E-state index >= 15 is 0 Å². The molecule has 0 atom stereocenters. The van der Waals surface area contributed by atoms with Crippen molar-refractivity contribution < 1.29 is 4.74 Å². The molecule has 0 radical (unpaired) electrons. The van der Waals surface area contributed by atoms with Gasteiger partial charge in [0, 0.05) is 31.0 Å². The first kappa shape index (κ1) is 16.0. The Kier molecular flexibility index (Phi) is 5.28. The van der Waals surface area contributed by atoms with E-state index in [4.69, 9.17) is 16.3 Å². The summed E-state index contributed by atoms with van der Waals surface area (Å²) in [6.45, 7) is 4.75. The van der Waals surface area contributed by atoms with Crippen LogP contribution < -0.4 is 9.64 Å². The molecule has 0 saturated carbocycles. The molecule has 0 bridgehead atoms. The molecule has 0 spiro atoms. The van der Waals surface area contributed by atoms with Crippen LogP contribution in [0.1, 0.15) is 25.5 Å². The molecule has 6 heteroatoms. The van der Waals surface area contributed by atoms with Gasteiger partial charge in [-0.2, -0.15) is 0 Å². The molecule has 1 fully saturated rings. The molecule has 1 aliphatic heterocycles. The van der Waals surface area contributed by atoms with E-state index in [1.54, 1.807) is 24.7 Å². The summed E-state index contributed by atoms with van der Waals surface area (Å²) in [4.78, 5) is 15.1. The van der Waals surface area contributed by atoms with E-state index in [1.165, 1.54) is 0 Å². The summed E-state index contributed by atoms with van der Waals surface area (Å²) < 4.78 is 5.77. The molecule has 1 aliphatic rings. The van der Waals surface area contributed by atoms with Crippen LogP contribution in [-0.2, 0) is 6.42 Å². The first-order valence-electron chi connectivity index (χ1n) is 8.05. The summed E-state index contributed by atoms with van der Waals surface area (Å²) in [5.41, 5.74) is 1.09. The van der Waals surface area contributed by atoms with Gasteiger partial charge >= 0.3 is 0 Å². The third kappa shape index (κ3) is 4.10. The van der Waals surface area contributed by atoms with Crippen molar-refractivity contribution in [1.82, 2.24) is 15.0 Å². The molecule has 0 aliphatic carbocycles. The maximum Gasteiger partial charge on any atom is 0.232 e. The van der Waals surface area contributed by atoms with Crippen molar-refractivity contribution in [3.05, 3.63) is 41.4 Å². The number of nitrogens with zero attached hydrogens (tertiary/aromatic N) is 4. The van der Waals surface area contributed by atoms with E-state index in [0.29, 0.717) is 23.4 Å². The molecular formula is C17H21ClN4O. The average molecular weight is 333 g/mol. The first-order valence-corrected chi connectivity index (χ1v) is 8.43. The molecule has 0 aromatic carbocycles. The van der Waals surface area contributed by atoms with Crippen LogP contribution in [0, 0.1) is 5.92 Å². The minimum atomic E-state index is 0.525. The highest BCUT2D eigenvalue weighted by molar-refractivity contribution is 6.31. The van der Waals surface area contributed by atoms with Gasteiger partial charge in [-0.3, -0.25) is 0 Å². The molecule has 0 amide bonds. The Bertz CT molecular complexity index is 644. The van der Waals surface area contributed by atoms with E-state index in [-0.39, 0.29) is 0 Å². The second-order valence-corrected chi connectivity index (χ2v) is 6.16. The van der Waals surface area contributed by atoms with Crippen molar-refractivity contribution in [1.29, 1.82) is 0 Å². The second kappa shape index (κ2) is 7.59. The van der Waals surface area contributed by atoms with E-state index in [9.17, 15) is 0 Å². The predicted octanol–water partition coefficient (Wildman–Crippen LogP) is 3.38. The summed E-state index contributed by atoms with van der Waals surface area (Å²) in [6, 6.07) is 5.69. The van der Waals surface area contributed by atoms with Crippen LogP contribution in [0.25, 0.3) is 0 Å².